The summed E-state index contributed by atoms with van der Waals surface area (Å²) in [6, 6.07) is 7.29. The van der Waals surface area contributed by atoms with E-state index in [4.69, 9.17) is 14.6 Å². The van der Waals surface area contributed by atoms with Gasteiger partial charge < -0.3 is 19.5 Å². The lowest BCUT2D eigenvalue weighted by atomic mass is 9.85. The monoisotopic (exact) mass is 433 g/mol. The molecule has 0 aromatic heterocycles. The van der Waals surface area contributed by atoms with Gasteiger partial charge in [-0.2, -0.15) is 0 Å². The molecule has 1 aliphatic rings. The summed E-state index contributed by atoms with van der Waals surface area (Å²) in [6.45, 7) is 11.9. The van der Waals surface area contributed by atoms with Crippen molar-refractivity contribution in [3.8, 4) is 0 Å². The number of esters is 1. The zero-order chi connectivity index (χ0) is 23.4. The van der Waals surface area contributed by atoms with E-state index >= 15 is 0 Å². The van der Waals surface area contributed by atoms with E-state index in [0.717, 1.165) is 5.56 Å². The van der Waals surface area contributed by atoms with Gasteiger partial charge in [0.15, 0.2) is 0 Å². The normalized spacial score (nSPS) is 17.9. The van der Waals surface area contributed by atoms with Crippen molar-refractivity contribution in [2.24, 2.45) is 11.8 Å². The molecule has 7 heteroatoms. The highest BCUT2D eigenvalue weighted by Crippen LogP contribution is 2.30. The Kier molecular flexibility index (Phi) is 7.73. The number of carbonyl (C=O) groups is 3. The number of hydrogen-bond donors (Lipinski definition) is 1. The highest BCUT2D eigenvalue weighted by atomic mass is 16.6. The number of carboxylic acid groups (broad SMARTS) is 1. The molecular formula is C24H35NO6. The topological polar surface area (TPSA) is 93.1 Å². The van der Waals surface area contributed by atoms with E-state index in [9.17, 15) is 14.4 Å². The molecule has 2 atom stereocenters. The number of amides is 1. The van der Waals surface area contributed by atoms with Crippen molar-refractivity contribution in [3.63, 3.8) is 0 Å². The quantitative estimate of drug-likeness (QED) is 0.680. The number of likely N-dealkylation sites (tertiary alicyclic amines) is 1. The Bertz CT molecular complexity index is 805. The second kappa shape index (κ2) is 9.71. The Morgan fingerprint density at radius 2 is 1.68 bits per heavy atom. The van der Waals surface area contributed by atoms with Crippen LogP contribution in [0.1, 0.15) is 59.1 Å². The third-order valence-electron chi connectivity index (χ3n) is 4.96. The van der Waals surface area contributed by atoms with Crippen LogP contribution in [0.2, 0.25) is 0 Å². The minimum absolute atomic E-state index is 0.0644. The van der Waals surface area contributed by atoms with Crippen molar-refractivity contribution >= 4 is 18.0 Å². The minimum atomic E-state index is -0.898. The molecule has 31 heavy (non-hydrogen) atoms. The fourth-order valence-corrected chi connectivity index (χ4v) is 3.72. The van der Waals surface area contributed by atoms with Gasteiger partial charge in [0.1, 0.15) is 11.2 Å². The van der Waals surface area contributed by atoms with Gasteiger partial charge in [0.25, 0.3) is 0 Å². The van der Waals surface area contributed by atoms with Crippen LogP contribution in [-0.2, 0) is 31.9 Å². The maximum atomic E-state index is 13.1. The molecule has 0 bridgehead atoms. The highest BCUT2D eigenvalue weighted by molar-refractivity contribution is 5.74. The summed E-state index contributed by atoms with van der Waals surface area (Å²) in [6.07, 6.45) is 0.662. The molecule has 1 heterocycles. The van der Waals surface area contributed by atoms with Crippen LogP contribution < -0.4 is 0 Å². The van der Waals surface area contributed by atoms with Gasteiger partial charge in [-0.15, -0.1) is 0 Å². The van der Waals surface area contributed by atoms with Gasteiger partial charge in [-0.3, -0.25) is 9.59 Å². The second-order valence-corrected chi connectivity index (χ2v) is 10.2. The fraction of sp³-hybridized carbons (Fsp3) is 0.625. The van der Waals surface area contributed by atoms with Crippen molar-refractivity contribution in [1.82, 2.24) is 4.90 Å². The van der Waals surface area contributed by atoms with Gasteiger partial charge in [0.2, 0.25) is 0 Å². The van der Waals surface area contributed by atoms with Crippen LogP contribution in [0.5, 0.6) is 0 Å². The molecular weight excluding hydrogens is 398 g/mol. The molecule has 0 aliphatic carbocycles. The van der Waals surface area contributed by atoms with Crippen LogP contribution in [0.25, 0.3) is 0 Å². The molecule has 2 rings (SSSR count). The average Bonchev–Trinajstić information content (AvgIpc) is 3.06. The molecule has 0 radical (unpaired) electrons. The van der Waals surface area contributed by atoms with E-state index in [0.29, 0.717) is 31.5 Å². The third kappa shape index (κ3) is 8.23. The number of ether oxygens (including phenoxy) is 2. The van der Waals surface area contributed by atoms with Crippen molar-refractivity contribution in [2.75, 3.05) is 13.1 Å². The summed E-state index contributed by atoms with van der Waals surface area (Å²) in [5.74, 6) is -1.70. The molecule has 1 saturated heterocycles. The maximum absolute atomic E-state index is 13.1. The van der Waals surface area contributed by atoms with E-state index in [1.807, 2.05) is 53.7 Å². The SMILES string of the molecule is CC(C)(C)OC(=O)[C@@H](Cc1cccc(CC(=O)O)c1)[C@@H]1CCN(C(=O)OC(C)(C)C)C1. The molecule has 1 aliphatic heterocycles. The summed E-state index contributed by atoms with van der Waals surface area (Å²) in [7, 11) is 0. The van der Waals surface area contributed by atoms with Crippen LogP contribution in [0.3, 0.4) is 0 Å². The van der Waals surface area contributed by atoms with Crippen molar-refractivity contribution in [1.29, 1.82) is 0 Å². The number of nitrogens with zero attached hydrogens (tertiary/aromatic N) is 1. The molecule has 1 amide bonds. The van der Waals surface area contributed by atoms with E-state index in [-0.39, 0.29) is 24.4 Å². The van der Waals surface area contributed by atoms with Crippen LogP contribution in [-0.4, -0.2) is 52.3 Å². The number of rotatable bonds is 6. The Hall–Kier alpha value is -2.57. The predicted molar refractivity (Wildman–Crippen MR) is 117 cm³/mol. The number of benzene rings is 1. The lowest BCUT2D eigenvalue weighted by molar-refractivity contribution is -0.162. The number of carbonyl (C=O) groups excluding carboxylic acids is 2. The molecule has 1 aromatic carbocycles. The van der Waals surface area contributed by atoms with E-state index in [1.165, 1.54) is 0 Å². The Balaban J connectivity index is 2.19. The van der Waals surface area contributed by atoms with Gasteiger partial charge in [-0.05, 0) is 71.4 Å². The predicted octanol–water partition coefficient (Wildman–Crippen LogP) is 4.07. The van der Waals surface area contributed by atoms with Gasteiger partial charge in [-0.1, -0.05) is 24.3 Å². The smallest absolute Gasteiger partial charge is 0.410 e. The lowest BCUT2D eigenvalue weighted by Crippen LogP contribution is -2.38. The van der Waals surface area contributed by atoms with Crippen LogP contribution in [0.15, 0.2) is 24.3 Å². The van der Waals surface area contributed by atoms with Crippen molar-refractivity contribution in [2.45, 2.75) is 72.0 Å². The summed E-state index contributed by atoms with van der Waals surface area (Å²) in [5, 5.41) is 9.07. The first-order chi connectivity index (χ1) is 14.2. The summed E-state index contributed by atoms with van der Waals surface area (Å²) in [5.41, 5.74) is 0.369. The zero-order valence-electron chi connectivity index (χ0n) is 19.4. The molecule has 172 valence electrons. The molecule has 1 fully saturated rings. The maximum Gasteiger partial charge on any atom is 0.410 e. The minimum Gasteiger partial charge on any atom is -0.481 e. The van der Waals surface area contributed by atoms with Gasteiger partial charge >= 0.3 is 18.0 Å². The van der Waals surface area contributed by atoms with Crippen LogP contribution in [0, 0.1) is 11.8 Å². The summed E-state index contributed by atoms with van der Waals surface area (Å²) < 4.78 is 11.2. The second-order valence-electron chi connectivity index (χ2n) is 10.2. The first kappa shape index (κ1) is 24.7. The lowest BCUT2D eigenvalue weighted by Gasteiger charge is -2.28. The highest BCUT2D eigenvalue weighted by Gasteiger charge is 2.39. The first-order valence-corrected chi connectivity index (χ1v) is 10.7. The van der Waals surface area contributed by atoms with E-state index in [1.54, 1.807) is 17.0 Å². The standard InChI is InChI=1S/C24H35NO6/c1-23(2,3)30-21(28)19(13-16-8-7-9-17(12-16)14-20(26)27)18-10-11-25(15-18)22(29)31-24(4,5)6/h7-9,12,18-19H,10-11,13-15H2,1-6H3,(H,26,27)/t18-,19+/m1/s1. The van der Waals surface area contributed by atoms with Gasteiger partial charge in [-0.25, -0.2) is 4.79 Å². The summed E-state index contributed by atoms with van der Waals surface area (Å²) in [4.78, 5) is 38.2. The average molecular weight is 434 g/mol. The zero-order valence-corrected chi connectivity index (χ0v) is 19.4. The van der Waals surface area contributed by atoms with Crippen molar-refractivity contribution in [3.05, 3.63) is 35.4 Å². The number of hydrogen-bond acceptors (Lipinski definition) is 5. The molecule has 0 spiro atoms. The first-order valence-electron chi connectivity index (χ1n) is 10.7. The number of carboxylic acids is 1. The molecule has 1 N–H and O–H groups in total. The number of aliphatic carboxylic acids is 1. The van der Waals surface area contributed by atoms with Crippen molar-refractivity contribution < 1.29 is 29.0 Å². The summed E-state index contributed by atoms with van der Waals surface area (Å²) >= 11 is 0. The van der Waals surface area contributed by atoms with E-state index in [2.05, 4.69) is 0 Å². The Morgan fingerprint density at radius 3 is 2.26 bits per heavy atom. The van der Waals surface area contributed by atoms with Gasteiger partial charge in [0.05, 0.1) is 12.3 Å². The molecule has 7 nitrogen and oxygen atoms in total. The van der Waals surface area contributed by atoms with Gasteiger partial charge in [0, 0.05) is 13.1 Å². The molecule has 0 saturated carbocycles. The Morgan fingerprint density at radius 1 is 1.06 bits per heavy atom. The van der Waals surface area contributed by atoms with E-state index < -0.39 is 23.1 Å². The van der Waals surface area contributed by atoms with Crippen LogP contribution >= 0.6 is 0 Å². The molecule has 0 unspecified atom stereocenters. The van der Waals surface area contributed by atoms with Crippen LogP contribution in [0.4, 0.5) is 4.79 Å². The largest absolute Gasteiger partial charge is 0.481 e. The fourth-order valence-electron chi connectivity index (χ4n) is 3.72. The third-order valence-corrected chi connectivity index (χ3v) is 4.96. The molecule has 1 aromatic rings. The Labute approximate surface area is 184 Å².